The van der Waals surface area contributed by atoms with Crippen LogP contribution in [-0.4, -0.2) is 24.5 Å². The Morgan fingerprint density at radius 1 is 1.41 bits per heavy atom. The Kier molecular flexibility index (Phi) is 4.25. The second kappa shape index (κ2) is 5.91. The Hall–Kier alpha value is -1.23. The lowest BCUT2D eigenvalue weighted by atomic mass is 10.2. The summed E-state index contributed by atoms with van der Waals surface area (Å²) in [4.78, 5) is 11.2. The first-order valence-electron chi connectivity index (χ1n) is 5.55. The molecule has 0 spiro atoms. The number of halogens is 1. The number of ether oxygens (including phenoxy) is 2. The van der Waals surface area contributed by atoms with E-state index in [1.807, 2.05) is 12.1 Å². The molecule has 0 saturated carbocycles. The van der Waals surface area contributed by atoms with E-state index in [0.29, 0.717) is 18.0 Å². The lowest BCUT2D eigenvalue weighted by molar-refractivity contribution is -0.118. The van der Waals surface area contributed by atoms with Gasteiger partial charge in [0, 0.05) is 11.4 Å². The third kappa shape index (κ3) is 3.36. The lowest BCUT2D eigenvalue weighted by Crippen LogP contribution is -2.25. The molecule has 0 saturated heterocycles. The quantitative estimate of drug-likeness (QED) is 0.671. The molecule has 5 heteroatoms. The van der Waals surface area contributed by atoms with Crippen LogP contribution in [0, 0.1) is 0 Å². The number of carbonyl (C=O) groups is 1. The van der Waals surface area contributed by atoms with Crippen molar-refractivity contribution in [3.05, 3.63) is 18.2 Å². The topological polar surface area (TPSA) is 47.6 Å². The summed E-state index contributed by atoms with van der Waals surface area (Å²) in [7, 11) is 0. The number of rotatable bonds is 5. The van der Waals surface area contributed by atoms with Crippen LogP contribution in [-0.2, 0) is 4.79 Å². The van der Waals surface area contributed by atoms with Crippen molar-refractivity contribution in [3.8, 4) is 11.5 Å². The van der Waals surface area contributed by atoms with E-state index in [-0.39, 0.29) is 12.5 Å². The van der Waals surface area contributed by atoms with E-state index in [1.165, 1.54) is 0 Å². The predicted octanol–water partition coefficient (Wildman–Crippen LogP) is 2.57. The molecule has 1 heterocycles. The van der Waals surface area contributed by atoms with Gasteiger partial charge in [-0.15, -0.1) is 0 Å². The Bertz CT molecular complexity index is 409. The maximum absolute atomic E-state index is 11.2. The number of alkyl halides is 1. The van der Waals surface area contributed by atoms with Crippen LogP contribution < -0.4 is 14.8 Å². The fourth-order valence-corrected chi connectivity index (χ4v) is 1.94. The summed E-state index contributed by atoms with van der Waals surface area (Å²) in [5.41, 5.74) is 0.680. The van der Waals surface area contributed by atoms with E-state index in [9.17, 15) is 4.79 Å². The SMILES string of the molecule is O=C1COc2ccc(OCCCCBr)cc2N1. The molecule has 1 N–H and O–H groups in total. The Morgan fingerprint density at radius 3 is 3.12 bits per heavy atom. The molecule has 1 aromatic carbocycles. The predicted molar refractivity (Wildman–Crippen MR) is 69.1 cm³/mol. The number of unbranched alkanes of at least 4 members (excludes halogenated alkanes) is 1. The average molecular weight is 300 g/mol. The molecular weight excluding hydrogens is 286 g/mol. The molecule has 0 atom stereocenters. The molecule has 1 aromatic rings. The van der Waals surface area contributed by atoms with Crippen LogP contribution in [0.4, 0.5) is 5.69 Å². The largest absolute Gasteiger partial charge is 0.494 e. The maximum Gasteiger partial charge on any atom is 0.262 e. The number of nitrogens with one attached hydrogen (secondary N) is 1. The van der Waals surface area contributed by atoms with Gasteiger partial charge in [-0.1, -0.05) is 15.9 Å². The second-order valence-corrected chi connectivity index (χ2v) is 4.53. The number of hydrogen-bond acceptors (Lipinski definition) is 3. The summed E-state index contributed by atoms with van der Waals surface area (Å²) >= 11 is 3.37. The van der Waals surface area contributed by atoms with Crippen LogP contribution in [0.25, 0.3) is 0 Å². The number of anilines is 1. The normalized spacial score (nSPS) is 13.6. The van der Waals surface area contributed by atoms with Crippen LogP contribution in [0.1, 0.15) is 12.8 Å². The van der Waals surface area contributed by atoms with E-state index in [0.717, 1.165) is 23.9 Å². The zero-order valence-corrected chi connectivity index (χ0v) is 11.0. The van der Waals surface area contributed by atoms with Crippen LogP contribution >= 0.6 is 15.9 Å². The van der Waals surface area contributed by atoms with Crippen molar-refractivity contribution < 1.29 is 14.3 Å². The van der Waals surface area contributed by atoms with Gasteiger partial charge in [-0.2, -0.15) is 0 Å². The number of benzene rings is 1. The van der Waals surface area contributed by atoms with Crippen LogP contribution in [0.3, 0.4) is 0 Å². The highest BCUT2D eigenvalue weighted by Crippen LogP contribution is 2.31. The minimum Gasteiger partial charge on any atom is -0.494 e. The van der Waals surface area contributed by atoms with Gasteiger partial charge < -0.3 is 14.8 Å². The molecule has 1 aliphatic heterocycles. The first-order valence-corrected chi connectivity index (χ1v) is 6.67. The molecule has 0 radical (unpaired) electrons. The van der Waals surface area contributed by atoms with Gasteiger partial charge in [-0.25, -0.2) is 0 Å². The van der Waals surface area contributed by atoms with Crippen LogP contribution in [0.5, 0.6) is 11.5 Å². The summed E-state index contributed by atoms with van der Waals surface area (Å²) in [6.07, 6.45) is 2.09. The molecule has 1 aliphatic rings. The fraction of sp³-hybridized carbons (Fsp3) is 0.417. The zero-order chi connectivity index (χ0) is 12.1. The lowest BCUT2D eigenvalue weighted by Gasteiger charge is -2.18. The second-order valence-electron chi connectivity index (χ2n) is 3.74. The van der Waals surface area contributed by atoms with Gasteiger partial charge in [0.25, 0.3) is 5.91 Å². The monoisotopic (exact) mass is 299 g/mol. The molecule has 0 aliphatic carbocycles. The van der Waals surface area contributed by atoms with E-state index < -0.39 is 0 Å². The van der Waals surface area contributed by atoms with Gasteiger partial charge >= 0.3 is 0 Å². The highest BCUT2D eigenvalue weighted by atomic mass is 79.9. The number of fused-ring (bicyclic) bond motifs is 1. The van der Waals surface area contributed by atoms with Crippen molar-refractivity contribution in [1.82, 2.24) is 0 Å². The average Bonchev–Trinajstić information content (AvgIpc) is 2.34. The molecule has 0 fully saturated rings. The van der Waals surface area contributed by atoms with Gasteiger partial charge in [0.05, 0.1) is 12.3 Å². The van der Waals surface area contributed by atoms with Crippen LogP contribution in [0.15, 0.2) is 18.2 Å². The summed E-state index contributed by atoms with van der Waals surface area (Å²) in [6.45, 7) is 0.762. The molecule has 4 nitrogen and oxygen atoms in total. The van der Waals surface area contributed by atoms with Crippen LogP contribution in [0.2, 0.25) is 0 Å². The summed E-state index contributed by atoms with van der Waals surface area (Å²) < 4.78 is 10.8. The maximum atomic E-state index is 11.2. The molecule has 0 bridgehead atoms. The fourth-order valence-electron chi connectivity index (χ4n) is 1.54. The number of amides is 1. The smallest absolute Gasteiger partial charge is 0.262 e. The summed E-state index contributed by atoms with van der Waals surface area (Å²) in [6, 6.07) is 5.46. The standard InChI is InChI=1S/C12H14BrNO3/c13-5-1-2-6-16-9-3-4-11-10(7-9)14-12(15)8-17-11/h3-4,7H,1-2,5-6,8H2,(H,14,15). The van der Waals surface area contributed by atoms with Crippen molar-refractivity contribution in [3.63, 3.8) is 0 Å². The van der Waals surface area contributed by atoms with Gasteiger partial charge in [0.1, 0.15) is 11.5 Å². The van der Waals surface area contributed by atoms with Crippen molar-refractivity contribution >= 4 is 27.5 Å². The minimum atomic E-state index is -0.131. The molecular formula is C12H14BrNO3. The first-order chi connectivity index (χ1) is 8.29. The van der Waals surface area contributed by atoms with E-state index in [2.05, 4.69) is 21.2 Å². The van der Waals surface area contributed by atoms with Crippen molar-refractivity contribution in [2.45, 2.75) is 12.8 Å². The van der Waals surface area contributed by atoms with Gasteiger partial charge in [-0.05, 0) is 25.0 Å². The highest BCUT2D eigenvalue weighted by molar-refractivity contribution is 9.09. The van der Waals surface area contributed by atoms with E-state index in [4.69, 9.17) is 9.47 Å². The molecule has 0 unspecified atom stereocenters. The first kappa shape index (κ1) is 12.2. The summed E-state index contributed by atoms with van der Waals surface area (Å²) in [5, 5.41) is 3.74. The number of hydrogen-bond donors (Lipinski definition) is 1. The highest BCUT2D eigenvalue weighted by Gasteiger charge is 2.15. The number of carbonyl (C=O) groups excluding carboxylic acids is 1. The van der Waals surface area contributed by atoms with E-state index >= 15 is 0 Å². The molecule has 1 amide bonds. The van der Waals surface area contributed by atoms with Crippen molar-refractivity contribution in [2.24, 2.45) is 0 Å². The van der Waals surface area contributed by atoms with Crippen molar-refractivity contribution in [2.75, 3.05) is 23.9 Å². The van der Waals surface area contributed by atoms with E-state index in [1.54, 1.807) is 6.07 Å². The third-order valence-corrected chi connectivity index (χ3v) is 2.94. The minimum absolute atomic E-state index is 0.0818. The van der Waals surface area contributed by atoms with Gasteiger partial charge in [-0.3, -0.25) is 4.79 Å². The third-order valence-electron chi connectivity index (χ3n) is 2.38. The Balaban J connectivity index is 1.95. The van der Waals surface area contributed by atoms with Gasteiger partial charge in [0.15, 0.2) is 6.61 Å². The summed E-state index contributed by atoms with van der Waals surface area (Å²) in [5.74, 6) is 1.32. The molecule has 2 rings (SSSR count). The van der Waals surface area contributed by atoms with Crippen molar-refractivity contribution in [1.29, 1.82) is 0 Å². The molecule has 0 aromatic heterocycles. The molecule has 17 heavy (non-hydrogen) atoms. The zero-order valence-electron chi connectivity index (χ0n) is 9.37. The Labute approximate surface area is 108 Å². The molecule has 92 valence electrons. The van der Waals surface area contributed by atoms with Gasteiger partial charge in [0.2, 0.25) is 0 Å². The Morgan fingerprint density at radius 2 is 2.29 bits per heavy atom.